The molecule has 5 nitrogen and oxygen atoms in total. The van der Waals surface area contributed by atoms with Gasteiger partial charge in [0.05, 0.1) is 20.4 Å². The van der Waals surface area contributed by atoms with Gasteiger partial charge in [0.25, 0.3) is 0 Å². The van der Waals surface area contributed by atoms with E-state index in [0.717, 1.165) is 28.2 Å². The Kier molecular flexibility index (Phi) is 8.48. The minimum absolute atomic E-state index is 0.143. The SMILES string of the molecule is CCc1c(OC)ccc(/C=N\NC(=O)CCSc2ccc(Cl)cc2)c1OC. The minimum Gasteiger partial charge on any atom is -0.496 e. The molecule has 0 fully saturated rings. The van der Waals surface area contributed by atoms with Crippen LogP contribution in [0.2, 0.25) is 5.02 Å². The summed E-state index contributed by atoms with van der Waals surface area (Å²) in [5.41, 5.74) is 4.30. The number of ether oxygens (including phenoxy) is 2. The molecule has 1 N–H and O–H groups in total. The number of methoxy groups -OCH3 is 2. The van der Waals surface area contributed by atoms with Gasteiger partial charge in [-0.2, -0.15) is 5.10 Å². The van der Waals surface area contributed by atoms with Crippen molar-refractivity contribution < 1.29 is 14.3 Å². The van der Waals surface area contributed by atoms with Crippen molar-refractivity contribution in [1.29, 1.82) is 0 Å². The monoisotopic (exact) mass is 406 g/mol. The number of hydrogen-bond donors (Lipinski definition) is 1. The maximum absolute atomic E-state index is 11.9. The molecule has 0 radical (unpaired) electrons. The van der Waals surface area contributed by atoms with Crippen LogP contribution < -0.4 is 14.9 Å². The highest BCUT2D eigenvalue weighted by Gasteiger charge is 2.12. The average molecular weight is 407 g/mol. The summed E-state index contributed by atoms with van der Waals surface area (Å²) in [5, 5.41) is 4.75. The summed E-state index contributed by atoms with van der Waals surface area (Å²) in [5.74, 6) is 1.99. The van der Waals surface area contributed by atoms with Gasteiger partial charge >= 0.3 is 0 Å². The third-order valence-electron chi connectivity index (χ3n) is 3.83. The Morgan fingerprint density at radius 1 is 1.19 bits per heavy atom. The van der Waals surface area contributed by atoms with E-state index < -0.39 is 0 Å². The summed E-state index contributed by atoms with van der Waals surface area (Å²) < 4.78 is 10.9. The molecule has 2 aromatic rings. The van der Waals surface area contributed by atoms with Gasteiger partial charge in [-0.25, -0.2) is 5.43 Å². The predicted molar refractivity (Wildman–Crippen MR) is 111 cm³/mol. The van der Waals surface area contributed by atoms with E-state index in [1.54, 1.807) is 32.2 Å². The van der Waals surface area contributed by atoms with Crippen molar-refractivity contribution in [3.8, 4) is 11.5 Å². The van der Waals surface area contributed by atoms with E-state index in [0.29, 0.717) is 22.9 Å². The van der Waals surface area contributed by atoms with Gasteiger partial charge < -0.3 is 9.47 Å². The van der Waals surface area contributed by atoms with Crippen LogP contribution in [0, 0.1) is 0 Å². The number of carbonyl (C=O) groups excluding carboxylic acids is 1. The number of benzene rings is 2. The molecule has 0 spiro atoms. The van der Waals surface area contributed by atoms with Gasteiger partial charge in [-0.15, -0.1) is 11.8 Å². The van der Waals surface area contributed by atoms with Crippen LogP contribution in [0.4, 0.5) is 0 Å². The zero-order chi connectivity index (χ0) is 19.6. The van der Waals surface area contributed by atoms with E-state index in [4.69, 9.17) is 21.1 Å². The highest BCUT2D eigenvalue weighted by Crippen LogP contribution is 2.31. The normalized spacial score (nSPS) is 10.8. The van der Waals surface area contributed by atoms with Gasteiger partial charge in [-0.1, -0.05) is 18.5 Å². The minimum atomic E-state index is -0.143. The topological polar surface area (TPSA) is 59.9 Å². The summed E-state index contributed by atoms with van der Waals surface area (Å²) in [6.07, 6.45) is 2.72. The molecule has 2 rings (SSSR count). The molecule has 7 heteroatoms. The van der Waals surface area contributed by atoms with Crippen LogP contribution in [-0.4, -0.2) is 32.1 Å². The number of rotatable bonds is 9. The summed E-state index contributed by atoms with van der Waals surface area (Å²) in [6.45, 7) is 2.03. The number of hydrogen-bond acceptors (Lipinski definition) is 5. The highest BCUT2D eigenvalue weighted by molar-refractivity contribution is 7.99. The fourth-order valence-corrected chi connectivity index (χ4v) is 3.50. The second-order valence-electron chi connectivity index (χ2n) is 5.57. The molecular formula is C20H23ClN2O3S. The van der Waals surface area contributed by atoms with E-state index in [1.165, 1.54) is 0 Å². The number of nitrogens with one attached hydrogen (secondary N) is 1. The Morgan fingerprint density at radius 2 is 1.93 bits per heavy atom. The molecule has 27 heavy (non-hydrogen) atoms. The average Bonchev–Trinajstić information content (AvgIpc) is 2.68. The van der Waals surface area contributed by atoms with Crippen molar-refractivity contribution in [2.45, 2.75) is 24.7 Å². The first kappa shape index (κ1) is 21.1. The standard InChI is InChI=1S/C20H23ClN2O3S/c1-4-17-18(25-2)10-5-14(20(17)26-3)13-22-23-19(24)11-12-27-16-8-6-15(21)7-9-16/h5-10,13H,4,11-12H2,1-3H3,(H,23,24)/b22-13-. The van der Waals surface area contributed by atoms with Crippen LogP contribution in [0.1, 0.15) is 24.5 Å². The lowest BCUT2D eigenvalue weighted by Gasteiger charge is -2.13. The summed E-state index contributed by atoms with van der Waals surface area (Å²) in [7, 11) is 3.24. The van der Waals surface area contributed by atoms with E-state index in [9.17, 15) is 4.79 Å². The fraction of sp³-hybridized carbons (Fsp3) is 0.300. The lowest BCUT2D eigenvalue weighted by Crippen LogP contribution is -2.17. The van der Waals surface area contributed by atoms with Crippen molar-refractivity contribution >= 4 is 35.5 Å². The molecular weight excluding hydrogens is 384 g/mol. The van der Waals surface area contributed by atoms with Gasteiger partial charge in [0.15, 0.2) is 0 Å². The van der Waals surface area contributed by atoms with Gasteiger partial charge in [-0.3, -0.25) is 4.79 Å². The highest BCUT2D eigenvalue weighted by atomic mass is 35.5. The number of carbonyl (C=O) groups is 1. The Bertz CT molecular complexity index is 795. The summed E-state index contributed by atoms with van der Waals surface area (Å²) >= 11 is 7.45. The largest absolute Gasteiger partial charge is 0.496 e. The molecule has 1 amide bonds. The Hall–Kier alpha value is -2.18. The molecule has 0 bridgehead atoms. The second kappa shape index (κ2) is 10.8. The first-order valence-electron chi connectivity index (χ1n) is 8.53. The zero-order valence-corrected chi connectivity index (χ0v) is 17.2. The molecule has 144 valence electrons. The van der Waals surface area contributed by atoms with E-state index in [1.807, 2.05) is 43.3 Å². The van der Waals surface area contributed by atoms with Crippen LogP contribution in [-0.2, 0) is 11.2 Å². The van der Waals surface area contributed by atoms with Gasteiger partial charge in [0.2, 0.25) is 5.91 Å². The van der Waals surface area contributed by atoms with Crippen molar-refractivity contribution in [2.75, 3.05) is 20.0 Å². The van der Waals surface area contributed by atoms with Crippen LogP contribution in [0.5, 0.6) is 11.5 Å². The summed E-state index contributed by atoms with van der Waals surface area (Å²) in [4.78, 5) is 13.0. The molecule has 2 aromatic carbocycles. The zero-order valence-electron chi connectivity index (χ0n) is 15.6. The Balaban J connectivity index is 1.89. The molecule has 0 aliphatic rings. The molecule has 0 unspecified atom stereocenters. The lowest BCUT2D eigenvalue weighted by molar-refractivity contribution is -0.120. The first-order valence-corrected chi connectivity index (χ1v) is 9.89. The van der Waals surface area contributed by atoms with Crippen molar-refractivity contribution in [1.82, 2.24) is 5.43 Å². The predicted octanol–water partition coefficient (Wildman–Crippen LogP) is 4.55. The van der Waals surface area contributed by atoms with E-state index in [2.05, 4.69) is 10.5 Å². The number of hydrazone groups is 1. The molecule has 0 atom stereocenters. The molecule has 0 saturated heterocycles. The quantitative estimate of drug-likeness (QED) is 0.377. The molecule has 0 aliphatic heterocycles. The first-order chi connectivity index (χ1) is 13.1. The molecule has 0 aromatic heterocycles. The van der Waals surface area contributed by atoms with Crippen LogP contribution in [0.25, 0.3) is 0 Å². The van der Waals surface area contributed by atoms with Gasteiger partial charge in [0.1, 0.15) is 11.5 Å². The third-order valence-corrected chi connectivity index (χ3v) is 5.10. The van der Waals surface area contributed by atoms with Crippen LogP contribution in [0.15, 0.2) is 46.4 Å². The Morgan fingerprint density at radius 3 is 2.56 bits per heavy atom. The van der Waals surface area contributed by atoms with E-state index in [-0.39, 0.29) is 5.91 Å². The number of amides is 1. The Labute approximate surface area is 169 Å². The van der Waals surface area contributed by atoms with Crippen LogP contribution in [0.3, 0.4) is 0 Å². The number of thioether (sulfide) groups is 1. The number of nitrogens with zero attached hydrogens (tertiary/aromatic N) is 1. The van der Waals surface area contributed by atoms with Gasteiger partial charge in [-0.05, 0) is 42.8 Å². The fourth-order valence-electron chi connectivity index (χ4n) is 2.52. The second-order valence-corrected chi connectivity index (χ2v) is 7.17. The van der Waals surface area contributed by atoms with Crippen molar-refractivity contribution in [2.24, 2.45) is 5.10 Å². The maximum Gasteiger partial charge on any atom is 0.240 e. The number of halogens is 1. The smallest absolute Gasteiger partial charge is 0.240 e. The van der Waals surface area contributed by atoms with Crippen molar-refractivity contribution in [3.63, 3.8) is 0 Å². The molecule has 0 saturated carbocycles. The molecule has 0 aliphatic carbocycles. The molecule has 0 heterocycles. The lowest BCUT2D eigenvalue weighted by atomic mass is 10.1. The third kappa shape index (κ3) is 6.19. The maximum atomic E-state index is 11.9. The van der Waals surface area contributed by atoms with Crippen molar-refractivity contribution in [3.05, 3.63) is 52.5 Å². The van der Waals surface area contributed by atoms with E-state index >= 15 is 0 Å². The summed E-state index contributed by atoms with van der Waals surface area (Å²) in [6, 6.07) is 11.3. The van der Waals surface area contributed by atoms with Crippen LogP contribution >= 0.6 is 23.4 Å². The van der Waals surface area contributed by atoms with Gasteiger partial charge in [0, 0.05) is 33.2 Å².